The minimum atomic E-state index is -0.215. The van der Waals surface area contributed by atoms with E-state index in [1.165, 1.54) is 19.3 Å². The van der Waals surface area contributed by atoms with Crippen LogP contribution >= 0.6 is 0 Å². The predicted molar refractivity (Wildman–Crippen MR) is 74.2 cm³/mol. The molecule has 1 aliphatic carbocycles. The lowest BCUT2D eigenvalue weighted by atomic mass is 9.80. The maximum Gasteiger partial charge on any atom is 0.320 e. The molecule has 1 atom stereocenters. The number of aromatic nitrogens is 1. The molecule has 2 amide bonds. The highest BCUT2D eigenvalue weighted by molar-refractivity contribution is 5.88. The van der Waals surface area contributed by atoms with E-state index < -0.39 is 0 Å². The molecule has 0 radical (unpaired) electrons. The lowest BCUT2D eigenvalue weighted by molar-refractivity contribution is 0.222. The Bertz CT molecular complexity index is 444. The summed E-state index contributed by atoms with van der Waals surface area (Å²) in [6, 6.07) is 1.77. The molecule has 1 aromatic heterocycles. The number of hydrogen-bond donors (Lipinski definition) is 2. The van der Waals surface area contributed by atoms with E-state index in [9.17, 15) is 4.79 Å². The second-order valence-electron chi connectivity index (χ2n) is 6.40. The van der Waals surface area contributed by atoms with Crippen molar-refractivity contribution in [1.29, 1.82) is 0 Å². The fraction of sp³-hybridized carbons (Fsp3) is 0.714. The molecule has 1 heterocycles. The first-order chi connectivity index (χ1) is 8.86. The first kappa shape index (κ1) is 13.9. The van der Waals surface area contributed by atoms with E-state index in [0.717, 1.165) is 5.76 Å². The van der Waals surface area contributed by atoms with Crippen molar-refractivity contribution in [3.8, 4) is 0 Å². The van der Waals surface area contributed by atoms with Gasteiger partial charge in [-0.3, -0.25) is 5.32 Å². The Morgan fingerprint density at radius 3 is 2.63 bits per heavy atom. The molecule has 0 aromatic carbocycles. The highest BCUT2D eigenvalue weighted by atomic mass is 16.5. The van der Waals surface area contributed by atoms with Crippen molar-refractivity contribution >= 4 is 11.8 Å². The molecule has 5 heteroatoms. The second kappa shape index (κ2) is 5.23. The highest BCUT2D eigenvalue weighted by Gasteiger charge is 2.25. The monoisotopic (exact) mass is 265 g/mol. The maximum absolute atomic E-state index is 11.8. The van der Waals surface area contributed by atoms with Crippen LogP contribution in [-0.2, 0) is 5.41 Å². The van der Waals surface area contributed by atoms with Crippen LogP contribution < -0.4 is 10.6 Å². The van der Waals surface area contributed by atoms with E-state index >= 15 is 0 Å². The lowest BCUT2D eigenvalue weighted by Crippen LogP contribution is -2.42. The summed E-state index contributed by atoms with van der Waals surface area (Å²) in [5, 5.41) is 9.52. The van der Waals surface area contributed by atoms with Crippen LogP contribution in [0, 0.1) is 5.92 Å². The van der Waals surface area contributed by atoms with Crippen LogP contribution in [0.3, 0.4) is 0 Å². The van der Waals surface area contributed by atoms with Crippen LogP contribution in [0.2, 0.25) is 0 Å². The smallest absolute Gasteiger partial charge is 0.320 e. The van der Waals surface area contributed by atoms with Crippen LogP contribution in [0.25, 0.3) is 0 Å². The van der Waals surface area contributed by atoms with E-state index in [4.69, 9.17) is 4.52 Å². The van der Waals surface area contributed by atoms with Gasteiger partial charge in [0.15, 0.2) is 5.82 Å². The molecular formula is C14H23N3O2. The molecule has 106 valence electrons. The molecule has 2 N–H and O–H groups in total. The Hall–Kier alpha value is -1.52. The van der Waals surface area contributed by atoms with Gasteiger partial charge in [-0.2, -0.15) is 0 Å². The highest BCUT2D eigenvalue weighted by Crippen LogP contribution is 2.29. The minimum absolute atomic E-state index is 0.109. The van der Waals surface area contributed by atoms with Crippen molar-refractivity contribution in [2.45, 2.75) is 58.4 Å². The molecule has 1 aliphatic rings. The van der Waals surface area contributed by atoms with Gasteiger partial charge in [-0.25, -0.2) is 4.79 Å². The molecule has 1 fully saturated rings. The molecule has 2 rings (SSSR count). The van der Waals surface area contributed by atoms with Crippen molar-refractivity contribution in [2.75, 3.05) is 5.32 Å². The average molecular weight is 265 g/mol. The molecule has 0 bridgehead atoms. The van der Waals surface area contributed by atoms with Crippen molar-refractivity contribution in [3.05, 3.63) is 11.8 Å². The zero-order valence-corrected chi connectivity index (χ0v) is 12.1. The van der Waals surface area contributed by atoms with Crippen molar-refractivity contribution in [2.24, 2.45) is 5.92 Å². The summed E-state index contributed by atoms with van der Waals surface area (Å²) < 4.78 is 5.22. The van der Waals surface area contributed by atoms with Crippen LogP contribution in [0.15, 0.2) is 10.6 Å². The molecular weight excluding hydrogens is 242 g/mol. The molecule has 5 nitrogen and oxygen atoms in total. The van der Waals surface area contributed by atoms with Crippen LogP contribution in [0.5, 0.6) is 0 Å². The number of nitrogens with zero attached hydrogens (tertiary/aromatic N) is 1. The van der Waals surface area contributed by atoms with Gasteiger partial charge in [0.2, 0.25) is 0 Å². The zero-order chi connectivity index (χ0) is 14.0. The van der Waals surface area contributed by atoms with Gasteiger partial charge in [0, 0.05) is 17.5 Å². The van der Waals surface area contributed by atoms with Gasteiger partial charge in [0.1, 0.15) is 5.76 Å². The van der Waals surface area contributed by atoms with Crippen LogP contribution in [-0.4, -0.2) is 17.2 Å². The number of anilines is 1. The minimum Gasteiger partial charge on any atom is -0.359 e. The molecule has 0 spiro atoms. The van der Waals surface area contributed by atoms with Gasteiger partial charge < -0.3 is 9.84 Å². The third kappa shape index (κ3) is 3.49. The fourth-order valence-corrected chi connectivity index (χ4v) is 2.10. The largest absolute Gasteiger partial charge is 0.359 e. The van der Waals surface area contributed by atoms with Crippen molar-refractivity contribution in [1.82, 2.24) is 10.5 Å². The number of carbonyl (C=O) groups is 1. The normalized spacial score (nSPS) is 17.7. The first-order valence-electron chi connectivity index (χ1n) is 6.91. The lowest BCUT2D eigenvalue weighted by Gasteiger charge is -2.31. The number of nitrogens with one attached hydrogen (secondary N) is 2. The number of urea groups is 1. The van der Waals surface area contributed by atoms with Crippen molar-refractivity contribution < 1.29 is 9.32 Å². The third-order valence-electron chi connectivity index (χ3n) is 3.71. The molecule has 0 saturated heterocycles. The third-order valence-corrected chi connectivity index (χ3v) is 3.71. The summed E-state index contributed by atoms with van der Waals surface area (Å²) in [4.78, 5) is 11.8. The Kier molecular flexibility index (Phi) is 3.83. The van der Waals surface area contributed by atoms with E-state index in [-0.39, 0.29) is 17.5 Å². The molecule has 1 aromatic rings. The SMILES string of the molecule is C[C@@H](NC(=O)Nc1cc(C(C)(C)C)on1)C1CCC1. The van der Waals surface area contributed by atoms with Crippen molar-refractivity contribution in [3.63, 3.8) is 0 Å². The maximum atomic E-state index is 11.8. The summed E-state index contributed by atoms with van der Waals surface area (Å²) in [6.07, 6.45) is 3.69. The van der Waals surface area contributed by atoms with E-state index in [2.05, 4.69) is 15.8 Å². The van der Waals surface area contributed by atoms with E-state index in [0.29, 0.717) is 11.7 Å². The summed E-state index contributed by atoms with van der Waals surface area (Å²) in [7, 11) is 0. The standard InChI is InChI=1S/C14H23N3O2/c1-9(10-6-5-7-10)15-13(18)16-12-8-11(19-17-12)14(2,3)4/h8-10H,5-7H2,1-4H3,(H2,15,16,17,18)/t9-/m1/s1. The van der Waals surface area contributed by atoms with Crippen LogP contribution in [0.4, 0.5) is 10.6 Å². The molecule has 0 unspecified atom stereocenters. The van der Waals surface area contributed by atoms with Gasteiger partial charge in [0.05, 0.1) is 0 Å². The number of amides is 2. The Balaban J connectivity index is 1.86. The fourth-order valence-electron chi connectivity index (χ4n) is 2.10. The van der Waals surface area contributed by atoms with E-state index in [1.807, 2.05) is 27.7 Å². The first-order valence-corrected chi connectivity index (χ1v) is 6.91. The quantitative estimate of drug-likeness (QED) is 0.881. The van der Waals surface area contributed by atoms with E-state index in [1.54, 1.807) is 6.07 Å². The molecule has 1 saturated carbocycles. The number of rotatable bonds is 3. The van der Waals surface area contributed by atoms with Crippen LogP contribution in [0.1, 0.15) is 52.7 Å². The summed E-state index contributed by atoms with van der Waals surface area (Å²) >= 11 is 0. The summed E-state index contributed by atoms with van der Waals surface area (Å²) in [6.45, 7) is 8.16. The molecule has 0 aliphatic heterocycles. The Morgan fingerprint density at radius 2 is 2.16 bits per heavy atom. The molecule has 19 heavy (non-hydrogen) atoms. The summed E-state index contributed by atoms with van der Waals surface area (Å²) in [5.41, 5.74) is -0.109. The average Bonchev–Trinajstić information content (AvgIpc) is 2.61. The Labute approximate surface area is 114 Å². The predicted octanol–water partition coefficient (Wildman–Crippen LogP) is 3.28. The van der Waals surface area contributed by atoms with Gasteiger partial charge in [0.25, 0.3) is 0 Å². The van der Waals surface area contributed by atoms with Gasteiger partial charge in [-0.15, -0.1) is 0 Å². The second-order valence-corrected chi connectivity index (χ2v) is 6.40. The van der Waals surface area contributed by atoms with Gasteiger partial charge in [-0.05, 0) is 25.7 Å². The van der Waals surface area contributed by atoms with Gasteiger partial charge in [-0.1, -0.05) is 32.3 Å². The number of hydrogen-bond acceptors (Lipinski definition) is 3. The zero-order valence-electron chi connectivity index (χ0n) is 12.1. The summed E-state index contributed by atoms with van der Waals surface area (Å²) in [5.74, 6) is 1.84. The van der Waals surface area contributed by atoms with Gasteiger partial charge >= 0.3 is 6.03 Å². The topological polar surface area (TPSA) is 67.2 Å². The Morgan fingerprint density at radius 1 is 1.47 bits per heavy atom. The number of carbonyl (C=O) groups excluding carboxylic acids is 1.